The fourth-order valence-corrected chi connectivity index (χ4v) is 4.30. The van der Waals surface area contributed by atoms with Gasteiger partial charge >= 0.3 is 0 Å². The summed E-state index contributed by atoms with van der Waals surface area (Å²) in [5.74, 6) is -2.64. The molecule has 1 aliphatic rings. The maximum atomic E-state index is 12.9. The number of carbonyl (C=O) groups is 3. The zero-order valence-electron chi connectivity index (χ0n) is 14.6. The van der Waals surface area contributed by atoms with E-state index in [0.29, 0.717) is 0 Å². The van der Waals surface area contributed by atoms with Crippen LogP contribution in [0, 0.1) is 0 Å². The number of anilines is 1. The van der Waals surface area contributed by atoms with Crippen LogP contribution in [0.25, 0.3) is 0 Å². The summed E-state index contributed by atoms with van der Waals surface area (Å²) in [6.07, 6.45) is 2.86. The van der Waals surface area contributed by atoms with Gasteiger partial charge in [0.25, 0.3) is 11.8 Å². The van der Waals surface area contributed by atoms with Crippen molar-refractivity contribution in [1.82, 2.24) is 4.98 Å². The van der Waals surface area contributed by atoms with Crippen LogP contribution < -0.4 is 10.0 Å². The Morgan fingerprint density at radius 2 is 1.55 bits per heavy atom. The highest BCUT2D eigenvalue weighted by Gasteiger charge is 2.37. The first-order valence-corrected chi connectivity index (χ1v) is 9.78. The number of carboxylic acid groups (broad SMARTS) is 1. The van der Waals surface area contributed by atoms with E-state index in [0.717, 1.165) is 35.2 Å². The molecule has 144 valence electrons. The maximum absolute atomic E-state index is 12.9. The molecule has 0 bridgehead atoms. The molecule has 0 N–H and O–H groups in total. The van der Waals surface area contributed by atoms with Gasteiger partial charge in [-0.1, -0.05) is 12.1 Å². The van der Waals surface area contributed by atoms with Crippen molar-refractivity contribution in [2.24, 2.45) is 0 Å². The summed E-state index contributed by atoms with van der Waals surface area (Å²) in [6, 6.07) is 11.3. The number of aromatic carboxylic acids is 1. The number of hydrogen-bond acceptors (Lipinski definition) is 7. The number of fused-ring (bicyclic) bond motifs is 1. The van der Waals surface area contributed by atoms with E-state index in [-0.39, 0.29) is 32.2 Å². The second kappa shape index (κ2) is 6.64. The molecule has 4 rings (SSSR count). The molecular formula is C20H11N2O6S-. The summed E-state index contributed by atoms with van der Waals surface area (Å²) in [5, 5.41) is 10.8. The molecule has 3 aromatic rings. The number of amides is 2. The van der Waals surface area contributed by atoms with Crippen LogP contribution >= 0.6 is 0 Å². The predicted molar refractivity (Wildman–Crippen MR) is 98.0 cm³/mol. The van der Waals surface area contributed by atoms with Gasteiger partial charge in [0.15, 0.2) is 0 Å². The van der Waals surface area contributed by atoms with Gasteiger partial charge in [-0.15, -0.1) is 0 Å². The van der Waals surface area contributed by atoms with Crippen LogP contribution in [0.2, 0.25) is 0 Å². The van der Waals surface area contributed by atoms with Gasteiger partial charge in [0, 0.05) is 6.20 Å². The largest absolute Gasteiger partial charge is 0.545 e. The van der Waals surface area contributed by atoms with Gasteiger partial charge in [0.1, 0.15) is 0 Å². The molecule has 29 heavy (non-hydrogen) atoms. The Bertz CT molecular complexity index is 1270. The third kappa shape index (κ3) is 2.97. The van der Waals surface area contributed by atoms with Gasteiger partial charge in [-0.2, -0.15) is 0 Å². The van der Waals surface area contributed by atoms with Crippen LogP contribution in [-0.4, -0.2) is 31.2 Å². The second-order valence-corrected chi connectivity index (χ2v) is 8.13. The minimum Gasteiger partial charge on any atom is -0.545 e. The second-order valence-electron chi connectivity index (χ2n) is 6.18. The third-order valence-corrected chi connectivity index (χ3v) is 6.24. The van der Waals surface area contributed by atoms with Crippen molar-refractivity contribution in [2.45, 2.75) is 9.79 Å². The number of carbonyl (C=O) groups excluding carboxylic acids is 3. The molecule has 0 spiro atoms. The highest BCUT2D eigenvalue weighted by molar-refractivity contribution is 7.91. The molecule has 1 aromatic heterocycles. The minimum atomic E-state index is -4.03. The third-order valence-electron chi connectivity index (χ3n) is 4.47. The Morgan fingerprint density at radius 3 is 2.17 bits per heavy atom. The minimum absolute atomic E-state index is 0.0358. The predicted octanol–water partition coefficient (Wildman–Crippen LogP) is 1.08. The molecular weight excluding hydrogens is 396 g/mol. The monoisotopic (exact) mass is 407 g/mol. The zero-order valence-corrected chi connectivity index (χ0v) is 15.4. The first kappa shape index (κ1) is 18.5. The Balaban J connectivity index is 1.75. The Morgan fingerprint density at radius 1 is 0.897 bits per heavy atom. The van der Waals surface area contributed by atoms with Crippen LogP contribution in [0.1, 0.15) is 31.1 Å². The number of nitrogens with zero attached hydrogens (tertiary/aromatic N) is 2. The van der Waals surface area contributed by atoms with Crippen LogP contribution in [0.3, 0.4) is 0 Å². The van der Waals surface area contributed by atoms with Crippen LogP contribution in [0.5, 0.6) is 0 Å². The molecule has 0 radical (unpaired) electrons. The number of benzene rings is 2. The average molecular weight is 407 g/mol. The van der Waals surface area contributed by atoms with Crippen molar-refractivity contribution >= 4 is 33.3 Å². The van der Waals surface area contributed by atoms with E-state index >= 15 is 0 Å². The first-order chi connectivity index (χ1) is 13.8. The summed E-state index contributed by atoms with van der Waals surface area (Å²) in [7, 11) is -4.03. The Kier molecular flexibility index (Phi) is 4.24. The van der Waals surface area contributed by atoms with Gasteiger partial charge in [-0.05, 0) is 48.0 Å². The molecule has 0 aliphatic carbocycles. The van der Waals surface area contributed by atoms with E-state index in [2.05, 4.69) is 4.98 Å². The zero-order chi connectivity index (χ0) is 20.8. The Labute approximate surface area is 165 Å². The average Bonchev–Trinajstić information content (AvgIpc) is 2.98. The number of aromatic nitrogens is 1. The van der Waals surface area contributed by atoms with Gasteiger partial charge < -0.3 is 9.90 Å². The fourth-order valence-electron chi connectivity index (χ4n) is 3.01. The molecule has 1 aliphatic heterocycles. The van der Waals surface area contributed by atoms with Crippen molar-refractivity contribution in [2.75, 3.05) is 4.90 Å². The number of carboxylic acids is 1. The maximum Gasteiger partial charge on any atom is 0.266 e. The summed E-state index contributed by atoms with van der Waals surface area (Å²) in [4.78, 5) is 40.7. The number of rotatable bonds is 4. The molecule has 0 atom stereocenters. The van der Waals surface area contributed by atoms with Crippen molar-refractivity contribution in [3.05, 3.63) is 83.7 Å². The van der Waals surface area contributed by atoms with Crippen LogP contribution in [0.15, 0.2) is 76.8 Å². The van der Waals surface area contributed by atoms with Gasteiger partial charge in [-0.3, -0.25) is 14.6 Å². The number of pyridine rings is 1. The quantitative estimate of drug-likeness (QED) is 0.593. The van der Waals surface area contributed by atoms with E-state index in [4.69, 9.17) is 0 Å². The lowest BCUT2D eigenvalue weighted by molar-refractivity contribution is -0.255. The van der Waals surface area contributed by atoms with Crippen molar-refractivity contribution in [1.29, 1.82) is 0 Å². The van der Waals surface area contributed by atoms with Crippen molar-refractivity contribution < 1.29 is 27.9 Å². The topological polar surface area (TPSA) is 125 Å². The highest BCUT2D eigenvalue weighted by Crippen LogP contribution is 2.31. The standard InChI is InChI=1S/C20H12N2O6S/c23-18-16-8-7-15(29(27,28)14-5-3-12(4-6-14)20(25)26)10-17(16)19(24)22(18)13-2-1-9-21-11-13/h1-11H,(H,25,26)/p-1. The van der Waals surface area contributed by atoms with Gasteiger partial charge in [0.2, 0.25) is 9.84 Å². The van der Waals surface area contributed by atoms with Gasteiger partial charge in [0.05, 0.1) is 38.8 Å². The summed E-state index contributed by atoms with van der Waals surface area (Å²) in [5.41, 5.74) is 0.170. The van der Waals surface area contributed by atoms with E-state index in [1.54, 1.807) is 12.1 Å². The summed E-state index contributed by atoms with van der Waals surface area (Å²) in [6.45, 7) is 0. The molecule has 0 fully saturated rings. The van der Waals surface area contributed by atoms with Crippen molar-refractivity contribution in [3.63, 3.8) is 0 Å². The number of hydrogen-bond donors (Lipinski definition) is 0. The van der Waals surface area contributed by atoms with Crippen molar-refractivity contribution in [3.8, 4) is 0 Å². The molecule has 2 heterocycles. The molecule has 2 aromatic carbocycles. The normalized spacial score (nSPS) is 13.4. The lowest BCUT2D eigenvalue weighted by Crippen LogP contribution is -2.29. The smallest absolute Gasteiger partial charge is 0.266 e. The van der Waals surface area contributed by atoms with E-state index in [1.165, 1.54) is 24.5 Å². The summed E-state index contributed by atoms with van der Waals surface area (Å²) < 4.78 is 25.7. The number of imide groups is 1. The van der Waals surface area contributed by atoms with E-state index < -0.39 is 27.6 Å². The van der Waals surface area contributed by atoms with E-state index in [1.807, 2.05) is 0 Å². The first-order valence-electron chi connectivity index (χ1n) is 8.30. The molecule has 2 amide bonds. The molecule has 0 unspecified atom stereocenters. The van der Waals surface area contributed by atoms with Crippen LogP contribution in [0.4, 0.5) is 5.69 Å². The van der Waals surface area contributed by atoms with E-state index in [9.17, 15) is 27.9 Å². The number of sulfone groups is 1. The van der Waals surface area contributed by atoms with Crippen LogP contribution in [-0.2, 0) is 9.84 Å². The molecule has 9 heteroatoms. The molecule has 0 saturated heterocycles. The molecule has 0 saturated carbocycles. The Hall–Kier alpha value is -3.85. The fraction of sp³-hybridized carbons (Fsp3) is 0. The molecule has 8 nitrogen and oxygen atoms in total. The lowest BCUT2D eigenvalue weighted by atomic mass is 10.1. The summed E-state index contributed by atoms with van der Waals surface area (Å²) >= 11 is 0. The SMILES string of the molecule is O=C([O-])c1ccc(S(=O)(=O)c2ccc3c(c2)C(=O)N(c2cccnc2)C3=O)cc1. The highest BCUT2D eigenvalue weighted by atomic mass is 32.2. The van der Waals surface area contributed by atoms with Gasteiger partial charge in [-0.25, -0.2) is 13.3 Å². The lowest BCUT2D eigenvalue weighted by Gasteiger charge is -2.12.